The lowest BCUT2D eigenvalue weighted by atomic mass is 10.2. The average molecular weight is 338 g/mol. The molecular formula is C16H22N2O4S. The lowest BCUT2D eigenvalue weighted by Gasteiger charge is -2.23. The van der Waals surface area contributed by atoms with Gasteiger partial charge in [0.15, 0.2) is 0 Å². The van der Waals surface area contributed by atoms with Crippen LogP contribution in [0.3, 0.4) is 0 Å². The summed E-state index contributed by atoms with van der Waals surface area (Å²) >= 11 is 0. The van der Waals surface area contributed by atoms with E-state index >= 15 is 0 Å². The van der Waals surface area contributed by atoms with Crippen LogP contribution >= 0.6 is 0 Å². The number of para-hydroxylation sites is 1. The summed E-state index contributed by atoms with van der Waals surface area (Å²) in [5, 5.41) is 0.977. The molecule has 0 fully saturated rings. The highest BCUT2D eigenvalue weighted by Crippen LogP contribution is 2.26. The van der Waals surface area contributed by atoms with Crippen LogP contribution in [0.15, 0.2) is 34.7 Å². The number of hydrogen-bond acceptors (Lipinski definition) is 4. The first kappa shape index (κ1) is 17.5. The summed E-state index contributed by atoms with van der Waals surface area (Å²) in [5.74, 6) is 0.247. The van der Waals surface area contributed by atoms with E-state index in [1.807, 2.05) is 37.3 Å². The van der Waals surface area contributed by atoms with Crippen molar-refractivity contribution in [2.45, 2.75) is 19.4 Å². The fourth-order valence-electron chi connectivity index (χ4n) is 2.19. The summed E-state index contributed by atoms with van der Waals surface area (Å²) < 4.78 is 30.4. The molecule has 2 aromatic rings. The second-order valence-corrected chi connectivity index (χ2v) is 8.02. The van der Waals surface area contributed by atoms with Crippen molar-refractivity contribution >= 4 is 26.9 Å². The van der Waals surface area contributed by atoms with Crippen molar-refractivity contribution in [3.05, 3.63) is 36.1 Å². The maximum Gasteiger partial charge on any atom is 0.223 e. The zero-order chi connectivity index (χ0) is 17.2. The molecule has 0 spiro atoms. The average Bonchev–Trinajstić information content (AvgIpc) is 2.95. The smallest absolute Gasteiger partial charge is 0.223 e. The normalized spacial score (nSPS) is 13.4. The third kappa shape index (κ3) is 3.92. The molecule has 7 heteroatoms. The first-order chi connectivity index (χ1) is 10.7. The lowest BCUT2D eigenvalue weighted by Crippen LogP contribution is -2.33. The molecule has 0 aliphatic heterocycles. The van der Waals surface area contributed by atoms with Crippen LogP contribution in [0.5, 0.6) is 0 Å². The summed E-state index contributed by atoms with van der Waals surface area (Å²) in [6.07, 6.45) is -0.0540. The van der Waals surface area contributed by atoms with E-state index in [1.54, 1.807) is 7.05 Å². The van der Waals surface area contributed by atoms with Crippen molar-refractivity contribution in [3.63, 3.8) is 0 Å². The molecule has 0 aliphatic rings. The third-order valence-electron chi connectivity index (χ3n) is 3.96. The van der Waals surface area contributed by atoms with Gasteiger partial charge < -0.3 is 9.32 Å². The van der Waals surface area contributed by atoms with E-state index in [2.05, 4.69) is 0 Å². The molecule has 0 saturated carbocycles. The number of amides is 1. The predicted molar refractivity (Wildman–Crippen MR) is 89.5 cm³/mol. The Morgan fingerprint density at radius 2 is 1.87 bits per heavy atom. The van der Waals surface area contributed by atoms with E-state index < -0.39 is 10.0 Å². The molecule has 0 saturated heterocycles. The van der Waals surface area contributed by atoms with Crippen LogP contribution in [0.2, 0.25) is 0 Å². The van der Waals surface area contributed by atoms with Gasteiger partial charge in [0.05, 0.1) is 11.8 Å². The molecule has 1 atom stereocenters. The fraction of sp³-hybridized carbons (Fsp3) is 0.438. The molecule has 0 unspecified atom stereocenters. The minimum atomic E-state index is -3.38. The number of benzene rings is 1. The second kappa shape index (κ2) is 6.72. The summed E-state index contributed by atoms with van der Waals surface area (Å²) in [6, 6.07) is 9.27. The number of hydrogen-bond donors (Lipinski definition) is 0. The van der Waals surface area contributed by atoms with Crippen LogP contribution in [0, 0.1) is 0 Å². The topological polar surface area (TPSA) is 70.8 Å². The van der Waals surface area contributed by atoms with Crippen molar-refractivity contribution in [1.82, 2.24) is 9.21 Å². The summed E-state index contributed by atoms with van der Waals surface area (Å²) in [6.45, 7) is 1.86. The van der Waals surface area contributed by atoms with Gasteiger partial charge in [-0.1, -0.05) is 18.2 Å². The number of fused-ring (bicyclic) bond motifs is 1. The van der Waals surface area contributed by atoms with Gasteiger partial charge in [-0.25, -0.2) is 12.7 Å². The molecule has 126 valence electrons. The zero-order valence-electron chi connectivity index (χ0n) is 13.8. The molecule has 0 radical (unpaired) electrons. The van der Waals surface area contributed by atoms with Crippen LogP contribution < -0.4 is 0 Å². The van der Waals surface area contributed by atoms with Crippen molar-refractivity contribution in [2.24, 2.45) is 0 Å². The van der Waals surface area contributed by atoms with E-state index in [0.717, 1.165) is 15.3 Å². The van der Waals surface area contributed by atoms with E-state index in [1.165, 1.54) is 19.0 Å². The largest absolute Gasteiger partial charge is 0.459 e. The standard InChI is InChI=1S/C16H22N2O4S/c1-12(15-11-13-7-5-6-8-14(13)22-15)18(4)16(19)9-10-23(20,21)17(2)3/h5-8,11-12H,9-10H2,1-4H3/t12-/m1/s1. The number of rotatable bonds is 6. The van der Waals surface area contributed by atoms with Gasteiger partial charge in [0.2, 0.25) is 15.9 Å². The molecule has 2 rings (SSSR count). The fourth-order valence-corrected chi connectivity index (χ4v) is 2.99. The monoisotopic (exact) mass is 338 g/mol. The molecule has 23 heavy (non-hydrogen) atoms. The molecule has 1 heterocycles. The lowest BCUT2D eigenvalue weighted by molar-refractivity contribution is -0.131. The van der Waals surface area contributed by atoms with Gasteiger partial charge in [-0.05, 0) is 19.1 Å². The van der Waals surface area contributed by atoms with E-state index in [-0.39, 0.29) is 24.1 Å². The molecule has 1 aromatic heterocycles. The van der Waals surface area contributed by atoms with Gasteiger partial charge in [0.1, 0.15) is 11.3 Å². The molecule has 0 aliphatic carbocycles. The maximum atomic E-state index is 12.2. The van der Waals surface area contributed by atoms with Gasteiger partial charge in [-0.15, -0.1) is 0 Å². The highest BCUT2D eigenvalue weighted by Gasteiger charge is 2.23. The van der Waals surface area contributed by atoms with Crippen molar-refractivity contribution in [1.29, 1.82) is 0 Å². The minimum Gasteiger partial charge on any atom is -0.459 e. The highest BCUT2D eigenvalue weighted by molar-refractivity contribution is 7.89. The molecule has 0 bridgehead atoms. The predicted octanol–water partition coefficient (Wildman–Crippen LogP) is 2.23. The first-order valence-corrected chi connectivity index (χ1v) is 8.97. The van der Waals surface area contributed by atoms with Crippen LogP contribution in [-0.4, -0.2) is 50.4 Å². The van der Waals surface area contributed by atoms with Crippen molar-refractivity contribution < 1.29 is 17.6 Å². The van der Waals surface area contributed by atoms with Crippen molar-refractivity contribution in [2.75, 3.05) is 26.9 Å². The second-order valence-electron chi connectivity index (χ2n) is 5.72. The van der Waals surface area contributed by atoms with E-state index in [9.17, 15) is 13.2 Å². The van der Waals surface area contributed by atoms with Crippen LogP contribution in [0.25, 0.3) is 11.0 Å². The number of sulfonamides is 1. The van der Waals surface area contributed by atoms with Gasteiger partial charge >= 0.3 is 0 Å². The Balaban J connectivity index is 2.06. The Morgan fingerprint density at radius 1 is 1.22 bits per heavy atom. The van der Waals surface area contributed by atoms with Crippen LogP contribution in [0.4, 0.5) is 0 Å². The summed E-state index contributed by atoms with van der Waals surface area (Å²) in [4.78, 5) is 13.8. The molecule has 1 aromatic carbocycles. The van der Waals surface area contributed by atoms with Gasteiger partial charge in [0, 0.05) is 33.0 Å². The van der Waals surface area contributed by atoms with Gasteiger partial charge in [-0.2, -0.15) is 0 Å². The Morgan fingerprint density at radius 3 is 2.48 bits per heavy atom. The third-order valence-corrected chi connectivity index (χ3v) is 5.79. The summed E-state index contributed by atoms with van der Waals surface area (Å²) in [5.41, 5.74) is 0.769. The van der Waals surface area contributed by atoms with E-state index in [4.69, 9.17) is 4.42 Å². The molecular weight excluding hydrogens is 316 g/mol. The van der Waals surface area contributed by atoms with Gasteiger partial charge in [-0.3, -0.25) is 4.79 Å². The Kier molecular flexibility index (Phi) is 5.11. The summed E-state index contributed by atoms with van der Waals surface area (Å²) in [7, 11) is 1.20. The van der Waals surface area contributed by atoms with Crippen molar-refractivity contribution in [3.8, 4) is 0 Å². The molecule has 6 nitrogen and oxygen atoms in total. The Hall–Kier alpha value is -1.86. The minimum absolute atomic E-state index is 0.0540. The number of carbonyl (C=O) groups excluding carboxylic acids is 1. The zero-order valence-corrected chi connectivity index (χ0v) is 14.6. The van der Waals surface area contributed by atoms with E-state index in [0.29, 0.717) is 5.76 Å². The highest BCUT2D eigenvalue weighted by atomic mass is 32.2. The molecule has 0 N–H and O–H groups in total. The van der Waals surface area contributed by atoms with Crippen LogP contribution in [0.1, 0.15) is 25.1 Å². The van der Waals surface area contributed by atoms with Crippen LogP contribution in [-0.2, 0) is 14.8 Å². The Bertz CT molecular complexity index is 762. The quantitative estimate of drug-likeness (QED) is 0.810. The Labute approximate surface area is 136 Å². The maximum absolute atomic E-state index is 12.2. The first-order valence-electron chi connectivity index (χ1n) is 7.36. The number of nitrogens with zero attached hydrogens (tertiary/aromatic N) is 2. The van der Waals surface area contributed by atoms with Gasteiger partial charge in [0.25, 0.3) is 0 Å². The molecule has 1 amide bonds. The number of carbonyl (C=O) groups is 1. The number of furan rings is 1. The SMILES string of the molecule is C[C@H](c1cc2ccccc2o1)N(C)C(=O)CCS(=O)(=O)N(C)C.